The van der Waals surface area contributed by atoms with Crippen molar-refractivity contribution in [3.8, 4) is 64.7 Å². The lowest BCUT2D eigenvalue weighted by Crippen LogP contribution is -2.15. The molecule has 144 valence electrons. The molecule has 1 aliphatic rings. The van der Waals surface area contributed by atoms with Gasteiger partial charge in [-0.25, -0.2) is 0 Å². The van der Waals surface area contributed by atoms with Crippen molar-refractivity contribution in [2.75, 3.05) is 0 Å². The first-order valence-corrected chi connectivity index (χ1v) is 10.1. The van der Waals surface area contributed by atoms with E-state index in [1.807, 2.05) is 24.3 Å². The summed E-state index contributed by atoms with van der Waals surface area (Å²) in [7, 11) is 0. The summed E-state index contributed by atoms with van der Waals surface area (Å²) in [5, 5.41) is 18.0. The van der Waals surface area contributed by atoms with Crippen LogP contribution in [-0.2, 0) is 0 Å². The van der Waals surface area contributed by atoms with Crippen molar-refractivity contribution in [1.29, 1.82) is 5.26 Å². The van der Waals surface area contributed by atoms with Gasteiger partial charge in [0.15, 0.2) is 0 Å². The van der Waals surface area contributed by atoms with Gasteiger partial charge in [0.05, 0.1) is 12.0 Å². The summed E-state index contributed by atoms with van der Waals surface area (Å²) in [4.78, 5) is 0. The summed E-state index contributed by atoms with van der Waals surface area (Å²) in [6.45, 7) is 0. The van der Waals surface area contributed by atoms with Crippen molar-refractivity contribution < 1.29 is 5.11 Å². The fraction of sp³-hybridized carbons (Fsp3) is 0.250. The maximum absolute atomic E-state index is 9.70. The Bertz CT molecular complexity index is 1150. The van der Waals surface area contributed by atoms with Gasteiger partial charge in [-0.2, -0.15) is 5.26 Å². The zero-order valence-electron chi connectivity index (χ0n) is 16.7. The van der Waals surface area contributed by atoms with Crippen LogP contribution in [0, 0.1) is 64.8 Å². The first-order chi connectivity index (χ1) is 14.8. The maximum Gasteiger partial charge on any atom is 0.122 e. The van der Waals surface area contributed by atoms with Gasteiger partial charge in [-0.05, 0) is 65.3 Å². The van der Waals surface area contributed by atoms with E-state index in [4.69, 9.17) is 5.11 Å². The van der Waals surface area contributed by atoms with Crippen molar-refractivity contribution in [3.63, 3.8) is 0 Å². The van der Waals surface area contributed by atoms with Crippen LogP contribution in [0.25, 0.3) is 11.1 Å². The highest BCUT2D eigenvalue weighted by molar-refractivity contribution is 5.65. The highest BCUT2D eigenvalue weighted by Crippen LogP contribution is 2.36. The second-order valence-corrected chi connectivity index (χ2v) is 7.19. The van der Waals surface area contributed by atoms with Crippen molar-refractivity contribution in [3.05, 3.63) is 59.7 Å². The van der Waals surface area contributed by atoms with Gasteiger partial charge in [-0.15, -0.1) is 0 Å². The third-order valence-corrected chi connectivity index (χ3v) is 5.32. The highest BCUT2D eigenvalue weighted by Gasteiger charge is 2.24. The number of nitriles is 1. The van der Waals surface area contributed by atoms with E-state index < -0.39 is 0 Å². The van der Waals surface area contributed by atoms with Crippen LogP contribution in [0.2, 0.25) is 0 Å². The molecule has 1 atom stereocenters. The fourth-order valence-corrected chi connectivity index (χ4v) is 3.80. The second kappa shape index (κ2) is 11.1. The molecule has 1 fully saturated rings. The lowest BCUT2D eigenvalue weighted by Gasteiger charge is -2.26. The zero-order valence-corrected chi connectivity index (χ0v) is 16.7. The second-order valence-electron chi connectivity index (χ2n) is 7.19. The molecule has 2 nitrogen and oxygen atoms in total. The molecule has 0 aromatic heterocycles. The van der Waals surface area contributed by atoms with Crippen LogP contribution in [0.1, 0.15) is 49.1 Å². The van der Waals surface area contributed by atoms with E-state index in [9.17, 15) is 5.26 Å². The minimum Gasteiger partial charge on any atom is -0.461 e. The van der Waals surface area contributed by atoms with Gasteiger partial charge in [0, 0.05) is 23.3 Å². The third kappa shape index (κ3) is 5.73. The number of hydrogen-bond donors (Lipinski definition) is 1. The molecule has 1 aliphatic carbocycles. The molecule has 3 rings (SSSR count). The number of benzene rings is 2. The van der Waals surface area contributed by atoms with Gasteiger partial charge in [0.1, 0.15) is 6.11 Å². The highest BCUT2D eigenvalue weighted by atomic mass is 16.2. The molecule has 1 saturated carbocycles. The molecule has 0 bridgehead atoms. The molecular weight excluding hydrogens is 366 g/mol. The molecule has 1 unspecified atom stereocenters. The first-order valence-electron chi connectivity index (χ1n) is 10.1. The molecule has 0 radical (unpaired) electrons. The van der Waals surface area contributed by atoms with E-state index in [0.29, 0.717) is 5.92 Å². The number of rotatable bonds is 3. The van der Waals surface area contributed by atoms with Gasteiger partial charge < -0.3 is 5.11 Å². The predicted octanol–water partition coefficient (Wildman–Crippen LogP) is 5.23. The summed E-state index contributed by atoms with van der Waals surface area (Å²) in [6, 6.07) is 18.9. The predicted molar refractivity (Wildman–Crippen MR) is 119 cm³/mol. The smallest absolute Gasteiger partial charge is 0.122 e. The van der Waals surface area contributed by atoms with Crippen molar-refractivity contribution in [2.45, 2.75) is 38.0 Å². The summed E-state index contributed by atoms with van der Waals surface area (Å²) in [6.07, 6.45) is 7.80. The Hall–Kier alpha value is -4.03. The molecule has 0 spiro atoms. The Morgan fingerprint density at radius 1 is 0.733 bits per heavy atom. The van der Waals surface area contributed by atoms with Crippen molar-refractivity contribution in [2.24, 2.45) is 5.92 Å². The molecule has 0 saturated heterocycles. The third-order valence-electron chi connectivity index (χ3n) is 5.32. The largest absolute Gasteiger partial charge is 0.461 e. The van der Waals surface area contributed by atoms with Crippen molar-refractivity contribution in [1.82, 2.24) is 0 Å². The van der Waals surface area contributed by atoms with Gasteiger partial charge in [-0.1, -0.05) is 61.6 Å². The van der Waals surface area contributed by atoms with Gasteiger partial charge >= 0.3 is 0 Å². The molecule has 0 aliphatic heterocycles. The van der Waals surface area contributed by atoms with E-state index in [1.54, 1.807) is 6.11 Å². The van der Waals surface area contributed by atoms with Gasteiger partial charge in [0.2, 0.25) is 0 Å². The standard InChI is InChI=1S/C28H21NO/c29-22-28(26-11-7-5-8-12-26)27-19-17-25(18-20-27)24-15-13-23(14-16-24)10-6-3-1-2-4-9-21-30/h13-20,26,28,30H,5,7-8,11-12H2. The minimum absolute atomic E-state index is 0.00140. The van der Waals surface area contributed by atoms with Crippen molar-refractivity contribution >= 4 is 0 Å². The average molecular weight is 387 g/mol. The van der Waals surface area contributed by atoms with Gasteiger partial charge in [-0.3, -0.25) is 0 Å². The normalized spacial score (nSPS) is 13.4. The summed E-state index contributed by atoms with van der Waals surface area (Å²) in [5.74, 6) is 18.4. The van der Waals surface area contributed by atoms with Gasteiger partial charge in [0.25, 0.3) is 0 Å². The Labute approximate surface area is 179 Å². The van der Waals surface area contributed by atoms with Crippen LogP contribution in [0.4, 0.5) is 0 Å². The van der Waals surface area contributed by atoms with E-state index in [0.717, 1.165) is 35.1 Å². The van der Waals surface area contributed by atoms with Crippen LogP contribution in [0.15, 0.2) is 48.5 Å². The molecule has 2 aromatic rings. The quantitative estimate of drug-likeness (QED) is 0.733. The Morgan fingerprint density at radius 3 is 1.90 bits per heavy atom. The van der Waals surface area contributed by atoms with E-state index in [1.165, 1.54) is 19.3 Å². The average Bonchev–Trinajstić information content (AvgIpc) is 2.81. The summed E-state index contributed by atoms with van der Waals surface area (Å²) in [5.41, 5.74) is 4.23. The lowest BCUT2D eigenvalue weighted by molar-refractivity contribution is 0.335. The number of aliphatic hydroxyl groups excluding tert-OH is 1. The fourth-order valence-electron chi connectivity index (χ4n) is 3.80. The molecule has 0 heterocycles. The minimum atomic E-state index is -0.00140. The molecule has 1 N–H and O–H groups in total. The Balaban J connectivity index is 1.67. The number of aliphatic hydroxyl groups is 1. The van der Waals surface area contributed by atoms with E-state index >= 15 is 0 Å². The topological polar surface area (TPSA) is 44.0 Å². The van der Waals surface area contributed by atoms with E-state index in [-0.39, 0.29) is 5.92 Å². The first kappa shape index (κ1) is 20.7. The van der Waals surface area contributed by atoms with Crippen LogP contribution in [0.3, 0.4) is 0 Å². The number of nitrogens with zero attached hydrogens (tertiary/aromatic N) is 1. The summed E-state index contributed by atoms with van der Waals surface area (Å²) < 4.78 is 0. The Morgan fingerprint density at radius 2 is 1.30 bits per heavy atom. The number of hydrogen-bond acceptors (Lipinski definition) is 2. The Kier molecular flexibility index (Phi) is 7.65. The molecule has 30 heavy (non-hydrogen) atoms. The molecule has 2 heteroatoms. The monoisotopic (exact) mass is 387 g/mol. The van der Waals surface area contributed by atoms with Crippen LogP contribution < -0.4 is 0 Å². The maximum atomic E-state index is 9.70. The van der Waals surface area contributed by atoms with Crippen LogP contribution in [0.5, 0.6) is 0 Å². The van der Waals surface area contributed by atoms with Crippen LogP contribution in [-0.4, -0.2) is 5.11 Å². The zero-order chi connectivity index (χ0) is 21.0. The lowest BCUT2D eigenvalue weighted by atomic mass is 9.77. The molecule has 2 aromatic carbocycles. The van der Waals surface area contributed by atoms with Crippen LogP contribution >= 0.6 is 0 Å². The molecule has 0 amide bonds. The van der Waals surface area contributed by atoms with E-state index in [2.05, 4.69) is 71.8 Å². The summed E-state index contributed by atoms with van der Waals surface area (Å²) >= 11 is 0. The SMILES string of the molecule is N#CC(c1ccc(-c2ccc(C#CC#CC#CC#CO)cc2)cc1)C1CCCCC1. The molecular formula is C28H21NO.